The Morgan fingerprint density at radius 3 is 2.50 bits per heavy atom. The first-order chi connectivity index (χ1) is 11.8. The summed E-state index contributed by atoms with van der Waals surface area (Å²) >= 11 is 0. The SMILES string of the molecule is O=C(C1C2CCCCC21)N1CCCC1c1ccc2c(c1)OCCO2. The van der Waals surface area contributed by atoms with Gasteiger partial charge in [-0.25, -0.2) is 0 Å². The monoisotopic (exact) mass is 327 g/mol. The van der Waals surface area contributed by atoms with Gasteiger partial charge in [-0.3, -0.25) is 4.79 Å². The minimum Gasteiger partial charge on any atom is -0.486 e. The number of benzene rings is 1. The van der Waals surface area contributed by atoms with Gasteiger partial charge in [0, 0.05) is 12.5 Å². The number of hydrogen-bond donors (Lipinski definition) is 0. The van der Waals surface area contributed by atoms with Crippen molar-refractivity contribution in [2.75, 3.05) is 19.8 Å². The number of nitrogens with zero attached hydrogens (tertiary/aromatic N) is 1. The molecule has 0 N–H and O–H groups in total. The van der Waals surface area contributed by atoms with Crippen molar-refractivity contribution in [1.82, 2.24) is 4.90 Å². The molecule has 128 valence electrons. The second kappa shape index (κ2) is 5.68. The van der Waals surface area contributed by atoms with Crippen LogP contribution in [0.25, 0.3) is 0 Å². The predicted molar refractivity (Wildman–Crippen MR) is 90.1 cm³/mol. The van der Waals surface area contributed by atoms with E-state index in [-0.39, 0.29) is 6.04 Å². The predicted octanol–water partition coefficient (Wildman–Crippen LogP) is 3.56. The van der Waals surface area contributed by atoms with Crippen molar-refractivity contribution < 1.29 is 14.3 Å². The van der Waals surface area contributed by atoms with E-state index in [2.05, 4.69) is 17.0 Å². The lowest BCUT2D eigenvalue weighted by atomic mass is 10.0. The fourth-order valence-corrected chi connectivity index (χ4v) is 5.19. The molecule has 5 rings (SSSR count). The lowest BCUT2D eigenvalue weighted by Gasteiger charge is -2.27. The normalized spacial score (nSPS) is 33.9. The number of carbonyl (C=O) groups excluding carboxylic acids is 1. The minimum absolute atomic E-state index is 0.218. The van der Waals surface area contributed by atoms with Gasteiger partial charge in [0.1, 0.15) is 13.2 Å². The first-order valence-electron chi connectivity index (χ1n) is 9.53. The Hall–Kier alpha value is -1.71. The summed E-state index contributed by atoms with van der Waals surface area (Å²) in [6, 6.07) is 6.42. The molecule has 4 aliphatic rings. The molecule has 2 aliphatic heterocycles. The average Bonchev–Trinajstić information content (AvgIpc) is 3.15. The van der Waals surface area contributed by atoms with Gasteiger partial charge < -0.3 is 14.4 Å². The van der Waals surface area contributed by atoms with Crippen molar-refractivity contribution in [1.29, 1.82) is 0 Å². The summed E-state index contributed by atoms with van der Waals surface area (Å²) in [5.41, 5.74) is 1.20. The van der Waals surface area contributed by atoms with Crippen LogP contribution >= 0.6 is 0 Å². The first kappa shape index (κ1) is 14.6. The highest BCUT2D eigenvalue weighted by Gasteiger charge is 2.56. The Balaban J connectivity index is 1.37. The lowest BCUT2D eigenvalue weighted by molar-refractivity contribution is -0.134. The molecule has 0 aromatic heterocycles. The Labute approximate surface area is 143 Å². The zero-order valence-corrected chi connectivity index (χ0v) is 14.1. The van der Waals surface area contributed by atoms with Gasteiger partial charge in [0.2, 0.25) is 5.91 Å². The summed E-state index contributed by atoms with van der Waals surface area (Å²) in [5, 5.41) is 0. The van der Waals surface area contributed by atoms with E-state index < -0.39 is 0 Å². The van der Waals surface area contributed by atoms with Crippen LogP contribution in [-0.4, -0.2) is 30.6 Å². The third kappa shape index (κ3) is 2.30. The number of fused-ring (bicyclic) bond motifs is 2. The van der Waals surface area contributed by atoms with Crippen LogP contribution in [0.15, 0.2) is 18.2 Å². The van der Waals surface area contributed by atoms with Crippen LogP contribution in [0.5, 0.6) is 11.5 Å². The quantitative estimate of drug-likeness (QED) is 0.834. The molecule has 24 heavy (non-hydrogen) atoms. The van der Waals surface area contributed by atoms with Gasteiger partial charge >= 0.3 is 0 Å². The summed E-state index contributed by atoms with van der Waals surface area (Å²) in [6.07, 6.45) is 7.33. The van der Waals surface area contributed by atoms with Crippen molar-refractivity contribution in [2.24, 2.45) is 17.8 Å². The van der Waals surface area contributed by atoms with E-state index in [1.807, 2.05) is 6.07 Å². The van der Waals surface area contributed by atoms with E-state index in [9.17, 15) is 4.79 Å². The number of amides is 1. The van der Waals surface area contributed by atoms with Crippen LogP contribution in [0.4, 0.5) is 0 Å². The average molecular weight is 327 g/mol. The fraction of sp³-hybridized carbons (Fsp3) is 0.650. The summed E-state index contributed by atoms with van der Waals surface area (Å²) in [4.78, 5) is 15.3. The first-order valence-corrected chi connectivity index (χ1v) is 9.53. The molecule has 4 nitrogen and oxygen atoms in total. The molecule has 1 saturated heterocycles. The molecule has 0 spiro atoms. The van der Waals surface area contributed by atoms with E-state index >= 15 is 0 Å². The molecule has 2 saturated carbocycles. The van der Waals surface area contributed by atoms with Crippen LogP contribution in [0.3, 0.4) is 0 Å². The summed E-state index contributed by atoms with van der Waals surface area (Å²) in [5.74, 6) is 3.78. The molecule has 1 aromatic rings. The van der Waals surface area contributed by atoms with Gasteiger partial charge in [0.15, 0.2) is 11.5 Å². The number of ether oxygens (including phenoxy) is 2. The maximum absolute atomic E-state index is 13.1. The zero-order chi connectivity index (χ0) is 16.1. The second-order valence-corrected chi connectivity index (χ2v) is 7.73. The third-order valence-electron chi connectivity index (χ3n) is 6.43. The summed E-state index contributed by atoms with van der Waals surface area (Å²) < 4.78 is 11.4. The Morgan fingerprint density at radius 1 is 0.958 bits per heavy atom. The van der Waals surface area contributed by atoms with Crippen molar-refractivity contribution in [3.05, 3.63) is 23.8 Å². The van der Waals surface area contributed by atoms with Crippen LogP contribution < -0.4 is 9.47 Å². The van der Waals surface area contributed by atoms with E-state index in [1.54, 1.807) is 0 Å². The molecule has 0 radical (unpaired) electrons. The molecule has 3 unspecified atom stereocenters. The molecule has 3 atom stereocenters. The maximum Gasteiger partial charge on any atom is 0.226 e. The van der Waals surface area contributed by atoms with E-state index in [1.165, 1.54) is 31.2 Å². The molecule has 1 aromatic carbocycles. The van der Waals surface area contributed by atoms with Crippen molar-refractivity contribution in [3.8, 4) is 11.5 Å². The summed E-state index contributed by atoms with van der Waals surface area (Å²) in [6.45, 7) is 2.13. The Morgan fingerprint density at radius 2 is 1.71 bits per heavy atom. The molecule has 4 heteroatoms. The number of likely N-dealkylation sites (tertiary alicyclic amines) is 1. The van der Waals surface area contributed by atoms with Gasteiger partial charge in [-0.2, -0.15) is 0 Å². The summed E-state index contributed by atoms with van der Waals surface area (Å²) in [7, 11) is 0. The van der Waals surface area contributed by atoms with Crippen molar-refractivity contribution >= 4 is 5.91 Å². The van der Waals surface area contributed by atoms with Gasteiger partial charge in [0.05, 0.1) is 6.04 Å². The van der Waals surface area contributed by atoms with E-state index in [0.717, 1.165) is 30.9 Å². The van der Waals surface area contributed by atoms with Crippen molar-refractivity contribution in [3.63, 3.8) is 0 Å². The van der Waals surface area contributed by atoms with Gasteiger partial charge in [-0.1, -0.05) is 18.9 Å². The van der Waals surface area contributed by atoms with Crippen LogP contribution in [0.1, 0.15) is 50.1 Å². The molecule has 3 fully saturated rings. The topological polar surface area (TPSA) is 38.8 Å². The molecule has 1 amide bonds. The number of hydrogen-bond acceptors (Lipinski definition) is 3. The smallest absolute Gasteiger partial charge is 0.226 e. The number of rotatable bonds is 2. The zero-order valence-electron chi connectivity index (χ0n) is 14.1. The van der Waals surface area contributed by atoms with Crippen LogP contribution in [0.2, 0.25) is 0 Å². The largest absolute Gasteiger partial charge is 0.486 e. The standard InChI is InChI=1S/C20H25NO3/c22-20(19-14-4-1-2-5-15(14)19)21-9-3-6-16(21)13-7-8-17-18(12-13)24-11-10-23-17/h7-8,12,14-16,19H,1-6,9-11H2. The van der Waals surface area contributed by atoms with Crippen LogP contribution in [-0.2, 0) is 4.79 Å². The van der Waals surface area contributed by atoms with Crippen LogP contribution in [0, 0.1) is 17.8 Å². The third-order valence-corrected chi connectivity index (χ3v) is 6.43. The highest BCUT2D eigenvalue weighted by Crippen LogP contribution is 2.57. The van der Waals surface area contributed by atoms with E-state index in [0.29, 0.717) is 36.9 Å². The molecular formula is C20H25NO3. The highest BCUT2D eigenvalue weighted by molar-refractivity contribution is 5.83. The van der Waals surface area contributed by atoms with Gasteiger partial charge in [-0.15, -0.1) is 0 Å². The highest BCUT2D eigenvalue weighted by atomic mass is 16.6. The molecule has 0 bridgehead atoms. The lowest BCUT2D eigenvalue weighted by Crippen LogP contribution is -2.32. The maximum atomic E-state index is 13.1. The second-order valence-electron chi connectivity index (χ2n) is 7.73. The van der Waals surface area contributed by atoms with Gasteiger partial charge in [-0.05, 0) is 55.2 Å². The van der Waals surface area contributed by atoms with E-state index in [4.69, 9.17) is 9.47 Å². The minimum atomic E-state index is 0.218. The number of carbonyl (C=O) groups is 1. The Kier molecular flexibility index (Phi) is 3.46. The van der Waals surface area contributed by atoms with Gasteiger partial charge in [0.25, 0.3) is 0 Å². The molecule has 2 heterocycles. The molecular weight excluding hydrogens is 302 g/mol. The fourth-order valence-electron chi connectivity index (χ4n) is 5.19. The Bertz CT molecular complexity index is 646. The van der Waals surface area contributed by atoms with Crippen molar-refractivity contribution in [2.45, 2.75) is 44.6 Å². The molecule has 2 aliphatic carbocycles.